The third-order valence-electron chi connectivity index (χ3n) is 5.89. The maximum atomic E-state index is 10.4. The number of hydrogen-bond acceptors (Lipinski definition) is 6. The fourth-order valence-corrected chi connectivity index (χ4v) is 4.23. The molecule has 2 aliphatic rings. The van der Waals surface area contributed by atoms with Gasteiger partial charge in [-0.1, -0.05) is 24.6 Å². The number of ether oxygens (including phenoxy) is 3. The van der Waals surface area contributed by atoms with Gasteiger partial charge in [-0.05, 0) is 44.8 Å². The van der Waals surface area contributed by atoms with E-state index in [1.165, 1.54) is 24.8 Å². The summed E-state index contributed by atoms with van der Waals surface area (Å²) >= 11 is 0. The second-order valence-corrected chi connectivity index (χ2v) is 8.27. The summed E-state index contributed by atoms with van der Waals surface area (Å²) in [7, 11) is 1.71. The van der Waals surface area contributed by atoms with E-state index in [9.17, 15) is 5.11 Å². The van der Waals surface area contributed by atoms with Crippen LogP contribution in [0.15, 0.2) is 24.3 Å². The molecular formula is C23H38N2O4. The van der Waals surface area contributed by atoms with Crippen molar-refractivity contribution in [3.05, 3.63) is 29.8 Å². The molecule has 164 valence electrons. The molecule has 3 rings (SSSR count). The maximum absolute atomic E-state index is 10.4. The minimum Gasteiger partial charge on any atom is -0.491 e. The SMILES string of the molecule is COCCOC1CCN(Cc2ccccc2OC[C@H](O)CN2CCCCC2)CC1. The molecule has 0 saturated carbocycles. The first-order valence-electron chi connectivity index (χ1n) is 11.2. The number of methoxy groups -OCH3 is 1. The zero-order valence-electron chi connectivity index (χ0n) is 17.9. The number of aliphatic hydroxyl groups is 1. The van der Waals surface area contributed by atoms with Crippen molar-refractivity contribution in [3.63, 3.8) is 0 Å². The molecule has 2 fully saturated rings. The Bertz CT molecular complexity index is 572. The number of benzene rings is 1. The summed E-state index contributed by atoms with van der Waals surface area (Å²) in [6.45, 7) is 7.53. The monoisotopic (exact) mass is 406 g/mol. The van der Waals surface area contributed by atoms with Crippen molar-refractivity contribution >= 4 is 0 Å². The lowest BCUT2D eigenvalue weighted by molar-refractivity contribution is -0.0159. The number of β-amino-alcohol motifs (C(OH)–C–C–N with tert-alkyl or cyclic N) is 1. The molecule has 1 N–H and O–H groups in total. The Kier molecular flexibility index (Phi) is 9.70. The molecule has 1 aromatic carbocycles. The van der Waals surface area contributed by atoms with Gasteiger partial charge in [0.25, 0.3) is 0 Å². The first-order valence-corrected chi connectivity index (χ1v) is 11.2. The summed E-state index contributed by atoms with van der Waals surface area (Å²) in [5.74, 6) is 0.892. The average molecular weight is 407 g/mol. The second kappa shape index (κ2) is 12.5. The maximum Gasteiger partial charge on any atom is 0.123 e. The van der Waals surface area contributed by atoms with Gasteiger partial charge in [-0.2, -0.15) is 0 Å². The number of hydrogen-bond donors (Lipinski definition) is 1. The van der Waals surface area contributed by atoms with E-state index >= 15 is 0 Å². The molecule has 1 atom stereocenters. The minimum absolute atomic E-state index is 0.345. The third-order valence-corrected chi connectivity index (χ3v) is 5.89. The van der Waals surface area contributed by atoms with E-state index in [-0.39, 0.29) is 0 Å². The third kappa shape index (κ3) is 7.87. The van der Waals surface area contributed by atoms with Crippen LogP contribution in [0.5, 0.6) is 5.75 Å². The molecule has 0 unspecified atom stereocenters. The molecule has 2 aliphatic heterocycles. The van der Waals surface area contributed by atoms with E-state index in [2.05, 4.69) is 21.9 Å². The van der Waals surface area contributed by atoms with E-state index in [1.807, 2.05) is 12.1 Å². The largest absolute Gasteiger partial charge is 0.491 e. The molecule has 0 aliphatic carbocycles. The first kappa shape index (κ1) is 22.5. The highest BCUT2D eigenvalue weighted by molar-refractivity contribution is 5.33. The summed E-state index contributed by atoms with van der Waals surface area (Å²) in [6, 6.07) is 8.22. The van der Waals surface area contributed by atoms with Crippen molar-refractivity contribution in [1.29, 1.82) is 0 Å². The fourth-order valence-electron chi connectivity index (χ4n) is 4.23. The van der Waals surface area contributed by atoms with Crippen molar-refractivity contribution in [2.75, 3.05) is 59.7 Å². The van der Waals surface area contributed by atoms with Gasteiger partial charge in [0, 0.05) is 38.9 Å². The van der Waals surface area contributed by atoms with Crippen LogP contribution >= 0.6 is 0 Å². The van der Waals surface area contributed by atoms with Crippen LogP contribution in [0.1, 0.15) is 37.7 Å². The summed E-state index contributed by atoms with van der Waals surface area (Å²) in [5, 5.41) is 10.4. The Labute approximate surface area is 175 Å². The minimum atomic E-state index is -0.443. The highest BCUT2D eigenvalue weighted by Crippen LogP contribution is 2.23. The zero-order chi connectivity index (χ0) is 20.3. The Morgan fingerprint density at radius 1 is 1.00 bits per heavy atom. The van der Waals surface area contributed by atoms with Crippen molar-refractivity contribution < 1.29 is 19.3 Å². The van der Waals surface area contributed by atoms with E-state index in [4.69, 9.17) is 14.2 Å². The molecule has 0 bridgehead atoms. The molecule has 0 radical (unpaired) electrons. The van der Waals surface area contributed by atoms with Crippen LogP contribution in [0, 0.1) is 0 Å². The zero-order valence-corrected chi connectivity index (χ0v) is 17.9. The Morgan fingerprint density at radius 3 is 2.52 bits per heavy atom. The van der Waals surface area contributed by atoms with Gasteiger partial charge >= 0.3 is 0 Å². The quantitative estimate of drug-likeness (QED) is 0.570. The van der Waals surface area contributed by atoms with E-state index in [0.717, 1.165) is 51.3 Å². The number of nitrogens with zero attached hydrogens (tertiary/aromatic N) is 2. The number of para-hydroxylation sites is 1. The number of aliphatic hydroxyl groups excluding tert-OH is 1. The highest BCUT2D eigenvalue weighted by Gasteiger charge is 2.21. The molecule has 0 spiro atoms. The molecule has 0 aromatic heterocycles. The van der Waals surface area contributed by atoms with E-state index in [0.29, 0.717) is 32.5 Å². The van der Waals surface area contributed by atoms with Gasteiger partial charge < -0.3 is 24.2 Å². The second-order valence-electron chi connectivity index (χ2n) is 8.27. The topological polar surface area (TPSA) is 54.4 Å². The smallest absolute Gasteiger partial charge is 0.123 e. The van der Waals surface area contributed by atoms with Crippen LogP contribution in [0.4, 0.5) is 0 Å². The van der Waals surface area contributed by atoms with Crippen LogP contribution in [-0.4, -0.2) is 86.8 Å². The number of rotatable bonds is 11. The van der Waals surface area contributed by atoms with E-state index < -0.39 is 6.10 Å². The standard InChI is InChI=1S/C23H38N2O4/c1-27-15-16-28-22-9-13-25(14-10-22)17-20-7-3-4-8-23(20)29-19-21(26)18-24-11-5-2-6-12-24/h3-4,7-8,21-22,26H,2,5-6,9-19H2,1H3/t21-/m1/s1. The van der Waals surface area contributed by atoms with E-state index in [1.54, 1.807) is 7.11 Å². The Morgan fingerprint density at radius 2 is 1.76 bits per heavy atom. The van der Waals surface area contributed by atoms with Gasteiger partial charge in [0.15, 0.2) is 0 Å². The molecule has 6 nitrogen and oxygen atoms in total. The summed E-state index contributed by atoms with van der Waals surface area (Å²) in [5.41, 5.74) is 1.19. The van der Waals surface area contributed by atoms with Crippen molar-refractivity contribution in [3.8, 4) is 5.75 Å². The van der Waals surface area contributed by atoms with Crippen LogP contribution in [-0.2, 0) is 16.0 Å². The number of piperidine rings is 2. The van der Waals surface area contributed by atoms with Gasteiger partial charge in [0.05, 0.1) is 19.3 Å². The van der Waals surface area contributed by atoms with Crippen LogP contribution < -0.4 is 4.74 Å². The average Bonchev–Trinajstić information content (AvgIpc) is 2.75. The predicted molar refractivity (Wildman–Crippen MR) is 114 cm³/mol. The molecule has 6 heteroatoms. The van der Waals surface area contributed by atoms with Crippen LogP contribution in [0.3, 0.4) is 0 Å². The molecule has 2 saturated heterocycles. The van der Waals surface area contributed by atoms with Gasteiger partial charge in [0.2, 0.25) is 0 Å². The highest BCUT2D eigenvalue weighted by atomic mass is 16.5. The summed E-state index contributed by atoms with van der Waals surface area (Å²) in [6.07, 6.45) is 5.81. The first-order chi connectivity index (χ1) is 14.2. The van der Waals surface area contributed by atoms with Gasteiger partial charge in [-0.15, -0.1) is 0 Å². The molecule has 0 amide bonds. The molecule has 1 aromatic rings. The van der Waals surface area contributed by atoms with Crippen molar-refractivity contribution in [1.82, 2.24) is 9.80 Å². The summed E-state index contributed by atoms with van der Waals surface area (Å²) in [4.78, 5) is 4.81. The number of likely N-dealkylation sites (tertiary alicyclic amines) is 2. The molecule has 2 heterocycles. The van der Waals surface area contributed by atoms with Crippen molar-refractivity contribution in [2.45, 2.75) is 50.9 Å². The normalized spacial score (nSPS) is 20.6. The predicted octanol–water partition coefficient (Wildman–Crippen LogP) is 2.54. The van der Waals surface area contributed by atoms with Crippen molar-refractivity contribution in [2.24, 2.45) is 0 Å². The lowest BCUT2D eigenvalue weighted by Gasteiger charge is -2.32. The van der Waals surface area contributed by atoms with Crippen LogP contribution in [0.25, 0.3) is 0 Å². The van der Waals surface area contributed by atoms with Gasteiger partial charge in [0.1, 0.15) is 18.5 Å². The molecule has 29 heavy (non-hydrogen) atoms. The Hall–Kier alpha value is -1.18. The van der Waals surface area contributed by atoms with Gasteiger partial charge in [-0.3, -0.25) is 4.90 Å². The lowest BCUT2D eigenvalue weighted by atomic mass is 10.1. The van der Waals surface area contributed by atoms with Gasteiger partial charge in [-0.25, -0.2) is 0 Å². The fraction of sp³-hybridized carbons (Fsp3) is 0.739. The Balaban J connectivity index is 1.42. The lowest BCUT2D eigenvalue weighted by Crippen LogP contribution is -2.39. The summed E-state index contributed by atoms with van der Waals surface area (Å²) < 4.78 is 17.0. The van der Waals surface area contributed by atoms with Crippen LogP contribution in [0.2, 0.25) is 0 Å². The molecular weight excluding hydrogens is 368 g/mol.